The summed E-state index contributed by atoms with van der Waals surface area (Å²) in [5, 5.41) is 2.28. The van der Waals surface area contributed by atoms with Crippen LogP contribution in [0.4, 0.5) is 4.39 Å². The molecule has 2 aliphatic rings. The van der Waals surface area contributed by atoms with E-state index in [2.05, 4.69) is 5.32 Å². The molecule has 1 heterocycles. The second kappa shape index (κ2) is 10.4. The van der Waals surface area contributed by atoms with Gasteiger partial charge in [-0.1, -0.05) is 25.5 Å². The number of imide groups is 1. The minimum atomic E-state index is -3.26. The lowest BCUT2D eigenvalue weighted by Crippen LogP contribution is -2.34. The van der Waals surface area contributed by atoms with E-state index >= 15 is 0 Å². The topological polar surface area (TPSA) is 89.5 Å². The molecule has 170 valence electrons. The van der Waals surface area contributed by atoms with Gasteiger partial charge < -0.3 is 4.74 Å². The fourth-order valence-corrected chi connectivity index (χ4v) is 5.35. The summed E-state index contributed by atoms with van der Waals surface area (Å²) >= 11 is 0. The van der Waals surface area contributed by atoms with Gasteiger partial charge in [-0.3, -0.25) is 14.9 Å². The molecule has 1 atom stereocenters. The summed E-state index contributed by atoms with van der Waals surface area (Å²) in [7, 11) is -3.26. The molecule has 0 aromatic heterocycles. The van der Waals surface area contributed by atoms with Gasteiger partial charge in [-0.2, -0.15) is 0 Å². The van der Waals surface area contributed by atoms with Crippen LogP contribution in [0.2, 0.25) is 0 Å². The molecule has 0 unspecified atom stereocenters. The first-order chi connectivity index (χ1) is 14.7. The number of hydrogen-bond acceptors (Lipinski definition) is 5. The van der Waals surface area contributed by atoms with E-state index in [0.29, 0.717) is 43.8 Å². The summed E-state index contributed by atoms with van der Waals surface area (Å²) in [4.78, 5) is 22.8. The standard InChI is InChI=1S/C23H30FNO5S/c1-16(19-8-10-20(24)21(13-19)30-14-17-6-7-17)15-31(28,29)12-4-2-3-5-18-9-11-22(26)25-23(18)27/h8-10,13,16-17H,2-7,11-12,14-15H2,1H3,(H,25,26,27)/t16-/m0/s1. The number of rotatable bonds is 12. The molecule has 0 radical (unpaired) electrons. The number of unbranched alkanes of at least 4 members (excludes halogenated alkanes) is 2. The van der Waals surface area contributed by atoms with Crippen LogP contribution in [0.1, 0.15) is 63.4 Å². The Balaban J connectivity index is 1.42. The second-order valence-corrected chi connectivity index (χ2v) is 10.8. The Morgan fingerprint density at radius 3 is 2.68 bits per heavy atom. The third-order valence-corrected chi connectivity index (χ3v) is 7.60. The highest BCUT2D eigenvalue weighted by atomic mass is 32.2. The number of hydrogen-bond donors (Lipinski definition) is 1. The molecular formula is C23H30FNO5S. The molecule has 0 saturated heterocycles. The Bertz CT molecular complexity index is 953. The van der Waals surface area contributed by atoms with Crippen molar-refractivity contribution >= 4 is 21.7 Å². The zero-order chi connectivity index (χ0) is 22.4. The van der Waals surface area contributed by atoms with Gasteiger partial charge in [0.05, 0.1) is 18.1 Å². The van der Waals surface area contributed by atoms with E-state index < -0.39 is 15.7 Å². The third-order valence-electron chi connectivity index (χ3n) is 5.68. The highest BCUT2D eigenvalue weighted by Gasteiger charge is 2.23. The molecule has 1 N–H and O–H groups in total. The minimum absolute atomic E-state index is 0.00360. The molecule has 1 aliphatic carbocycles. The summed E-state index contributed by atoms with van der Waals surface area (Å²) < 4.78 is 44.6. The molecule has 31 heavy (non-hydrogen) atoms. The molecule has 1 aromatic rings. The van der Waals surface area contributed by atoms with Gasteiger partial charge in [-0.25, -0.2) is 12.8 Å². The van der Waals surface area contributed by atoms with Gasteiger partial charge >= 0.3 is 0 Å². The number of halogens is 1. The first-order valence-corrected chi connectivity index (χ1v) is 12.7. The molecule has 1 saturated carbocycles. The van der Waals surface area contributed by atoms with Gasteiger partial charge in [0.15, 0.2) is 21.4 Å². The van der Waals surface area contributed by atoms with Crippen LogP contribution < -0.4 is 10.1 Å². The maximum absolute atomic E-state index is 14.0. The van der Waals surface area contributed by atoms with E-state index in [1.165, 1.54) is 6.07 Å². The lowest BCUT2D eigenvalue weighted by Gasteiger charge is -2.15. The summed E-state index contributed by atoms with van der Waals surface area (Å²) in [6.45, 7) is 2.33. The largest absolute Gasteiger partial charge is 0.490 e. The maximum atomic E-state index is 14.0. The van der Waals surface area contributed by atoms with Gasteiger partial charge in [0.2, 0.25) is 5.91 Å². The smallest absolute Gasteiger partial charge is 0.253 e. The lowest BCUT2D eigenvalue weighted by molar-refractivity contribution is -0.128. The Hall–Kier alpha value is -2.22. The average molecular weight is 452 g/mol. The summed E-state index contributed by atoms with van der Waals surface area (Å²) in [6.07, 6.45) is 6.51. The molecule has 1 aliphatic heterocycles. The Morgan fingerprint density at radius 1 is 1.19 bits per heavy atom. The Morgan fingerprint density at radius 2 is 1.97 bits per heavy atom. The molecule has 3 rings (SSSR count). The SMILES string of the molecule is C[C@@H](CS(=O)(=O)CCCCCC1=CCC(=O)NC1=O)c1ccc(F)c(OCC2CC2)c1. The number of carbonyl (C=O) groups excluding carboxylic acids is 2. The molecule has 2 amide bonds. The van der Waals surface area contributed by atoms with Crippen molar-refractivity contribution in [1.29, 1.82) is 0 Å². The number of ether oxygens (including phenoxy) is 1. The summed E-state index contributed by atoms with van der Waals surface area (Å²) in [5.41, 5.74) is 1.34. The minimum Gasteiger partial charge on any atom is -0.490 e. The third kappa shape index (κ3) is 7.45. The number of sulfone groups is 1. The van der Waals surface area contributed by atoms with Crippen LogP contribution in [-0.4, -0.2) is 38.3 Å². The fraction of sp³-hybridized carbons (Fsp3) is 0.565. The van der Waals surface area contributed by atoms with Crippen molar-refractivity contribution in [1.82, 2.24) is 5.32 Å². The Labute approximate surface area is 183 Å². The number of carbonyl (C=O) groups is 2. The lowest BCUT2D eigenvalue weighted by atomic mass is 10.0. The van der Waals surface area contributed by atoms with Gasteiger partial charge in [0.25, 0.3) is 5.91 Å². The van der Waals surface area contributed by atoms with Gasteiger partial charge in [-0.05, 0) is 61.6 Å². The van der Waals surface area contributed by atoms with Crippen LogP contribution in [-0.2, 0) is 19.4 Å². The number of amides is 2. The van der Waals surface area contributed by atoms with Crippen LogP contribution >= 0.6 is 0 Å². The van der Waals surface area contributed by atoms with Crippen molar-refractivity contribution in [3.8, 4) is 5.75 Å². The van der Waals surface area contributed by atoms with Crippen molar-refractivity contribution in [3.05, 3.63) is 41.2 Å². The van der Waals surface area contributed by atoms with Crippen molar-refractivity contribution in [3.63, 3.8) is 0 Å². The van der Waals surface area contributed by atoms with Gasteiger partial charge in [0.1, 0.15) is 0 Å². The van der Waals surface area contributed by atoms with Crippen molar-refractivity contribution in [2.75, 3.05) is 18.1 Å². The van der Waals surface area contributed by atoms with Crippen LogP contribution in [0.15, 0.2) is 29.8 Å². The van der Waals surface area contributed by atoms with E-state index in [0.717, 1.165) is 18.4 Å². The van der Waals surface area contributed by atoms with Crippen molar-refractivity contribution in [2.24, 2.45) is 5.92 Å². The number of nitrogens with one attached hydrogen (secondary N) is 1. The first-order valence-electron chi connectivity index (χ1n) is 10.9. The van der Waals surface area contributed by atoms with E-state index in [9.17, 15) is 22.4 Å². The monoisotopic (exact) mass is 451 g/mol. The molecule has 0 bridgehead atoms. The normalized spacial score (nSPS) is 17.8. The predicted octanol–water partition coefficient (Wildman–Crippen LogP) is 3.67. The van der Waals surface area contributed by atoms with E-state index in [1.807, 2.05) is 6.92 Å². The molecule has 8 heteroatoms. The fourth-order valence-electron chi connectivity index (χ4n) is 3.59. The van der Waals surface area contributed by atoms with Crippen molar-refractivity contribution in [2.45, 2.75) is 57.8 Å². The van der Waals surface area contributed by atoms with Gasteiger partial charge in [-0.15, -0.1) is 0 Å². The van der Waals surface area contributed by atoms with E-state index in [1.54, 1.807) is 18.2 Å². The van der Waals surface area contributed by atoms with Crippen LogP contribution in [0.3, 0.4) is 0 Å². The van der Waals surface area contributed by atoms with Crippen LogP contribution in [0.25, 0.3) is 0 Å². The predicted molar refractivity (Wildman–Crippen MR) is 116 cm³/mol. The highest BCUT2D eigenvalue weighted by Crippen LogP contribution is 2.31. The molecule has 1 aromatic carbocycles. The summed E-state index contributed by atoms with van der Waals surface area (Å²) in [5.74, 6) is -0.560. The molecule has 1 fully saturated rings. The van der Waals surface area contributed by atoms with Crippen LogP contribution in [0.5, 0.6) is 5.75 Å². The Kier molecular flexibility index (Phi) is 7.86. The van der Waals surface area contributed by atoms with E-state index in [-0.39, 0.29) is 41.4 Å². The average Bonchev–Trinajstić information content (AvgIpc) is 3.52. The molecular weight excluding hydrogens is 421 g/mol. The number of benzene rings is 1. The highest BCUT2D eigenvalue weighted by molar-refractivity contribution is 7.91. The van der Waals surface area contributed by atoms with Crippen molar-refractivity contribution < 1.29 is 27.1 Å². The molecule has 0 spiro atoms. The second-order valence-electron chi connectivity index (χ2n) is 8.58. The van der Waals surface area contributed by atoms with E-state index in [4.69, 9.17) is 4.74 Å². The first kappa shape index (κ1) is 23.4. The quantitative estimate of drug-likeness (QED) is 0.387. The van der Waals surface area contributed by atoms with Gasteiger partial charge in [0, 0.05) is 12.0 Å². The maximum Gasteiger partial charge on any atom is 0.253 e. The van der Waals surface area contributed by atoms with Crippen LogP contribution in [0, 0.1) is 11.7 Å². The zero-order valence-electron chi connectivity index (χ0n) is 17.9. The summed E-state index contributed by atoms with van der Waals surface area (Å²) in [6, 6.07) is 4.57. The zero-order valence-corrected chi connectivity index (χ0v) is 18.7. The molecule has 6 nitrogen and oxygen atoms in total.